The second-order valence-electron chi connectivity index (χ2n) is 19.0. The molecule has 0 amide bonds. The van der Waals surface area contributed by atoms with Crippen LogP contribution in [0.3, 0.4) is 0 Å². The number of nitrogens with zero attached hydrogens (tertiary/aromatic N) is 10. The summed E-state index contributed by atoms with van der Waals surface area (Å²) in [7, 11) is 0. The standard InChI is InChI=1S/C18H20N4.C16H15N3.C15H14N4S.C13H9BrN4S/c1-18(2,3)15-7-4-8-16(21-15)22-17-10-14(12-20-17)13-6-5-9-19-11-13;1-12-6-5-9-15(18-12)19-16-10-14(11-17-16)13-7-3-2-4-8-13;16-14(11-6-2-1-3-7-11)12-10-18-15(20-12)19-13-8-4-5-9-17-13;14-11-4-1-5-12(17-11)18-13-16-8-10(19-13)9-3-2-6-15-7-9/h4-9,11-12H,10H2,1-3H3,(H,20,21,22);2-9,11H,10H2,1H3,(H,17,18,19);1-10,14H,16H2,(H,17,18,19);1-8H,(H,16,17,18)/t;;14-;/m..0./s1. The van der Waals surface area contributed by atoms with E-state index in [0.717, 1.165) is 100 Å². The average Bonchev–Trinajstić information content (AvgIpc) is 4.35. The third-order valence-electron chi connectivity index (χ3n) is 11.9. The predicted molar refractivity (Wildman–Crippen MR) is 333 cm³/mol. The minimum Gasteiger partial charge on any atom is -0.328 e. The number of benzene rings is 2. The van der Waals surface area contributed by atoms with E-state index in [1.807, 2.05) is 178 Å². The third-order valence-corrected chi connectivity index (χ3v) is 14.3. The summed E-state index contributed by atoms with van der Waals surface area (Å²) in [6, 6.07) is 51.5. The van der Waals surface area contributed by atoms with Crippen LogP contribution in [0.1, 0.15) is 72.6 Å². The average molecular weight is 1160 g/mol. The third kappa shape index (κ3) is 16.5. The first kappa shape index (κ1) is 55.8. The molecule has 2 aliphatic rings. The van der Waals surface area contributed by atoms with Crippen molar-refractivity contribution in [2.75, 3.05) is 21.3 Å². The molecule has 2 aliphatic heterocycles. The van der Waals surface area contributed by atoms with Gasteiger partial charge >= 0.3 is 0 Å². The highest BCUT2D eigenvalue weighted by molar-refractivity contribution is 9.10. The van der Waals surface area contributed by atoms with Gasteiger partial charge in [-0.15, -0.1) is 0 Å². The van der Waals surface area contributed by atoms with Crippen LogP contribution in [0, 0.1) is 6.92 Å². The fraction of sp³-hybridized carbons (Fsp3) is 0.129. The largest absolute Gasteiger partial charge is 0.328 e. The topological polar surface area (TPSA) is 202 Å². The Morgan fingerprint density at radius 1 is 0.500 bits per heavy atom. The monoisotopic (exact) mass is 1160 g/mol. The van der Waals surface area contributed by atoms with Crippen LogP contribution in [0.2, 0.25) is 0 Å². The molecule has 0 saturated heterocycles. The summed E-state index contributed by atoms with van der Waals surface area (Å²) in [5.41, 5.74) is 15.2. The summed E-state index contributed by atoms with van der Waals surface area (Å²) in [4.78, 5) is 45.5. The van der Waals surface area contributed by atoms with E-state index in [0.29, 0.717) is 0 Å². The van der Waals surface area contributed by atoms with E-state index in [-0.39, 0.29) is 11.5 Å². The molecule has 10 aromatic rings. The van der Waals surface area contributed by atoms with Gasteiger partial charge in [0.2, 0.25) is 0 Å². The molecule has 10 heterocycles. The second kappa shape index (κ2) is 27.6. The van der Waals surface area contributed by atoms with Gasteiger partial charge in [-0.1, -0.05) is 141 Å². The molecule has 1 atom stereocenters. The highest BCUT2D eigenvalue weighted by atomic mass is 79.9. The maximum atomic E-state index is 6.25. The maximum Gasteiger partial charge on any atom is 0.188 e. The number of nitrogens with one attached hydrogen (secondary N) is 4. The number of aliphatic imine (C=N–C) groups is 2. The van der Waals surface area contributed by atoms with Crippen molar-refractivity contribution < 1.29 is 0 Å². The molecule has 400 valence electrons. The van der Waals surface area contributed by atoms with Gasteiger partial charge < -0.3 is 27.0 Å². The number of thiazole rings is 2. The first-order chi connectivity index (χ1) is 39.0. The zero-order chi connectivity index (χ0) is 55.5. The molecule has 18 heteroatoms. The van der Waals surface area contributed by atoms with E-state index in [1.54, 1.807) is 41.3 Å². The molecule has 0 saturated carbocycles. The number of rotatable bonds is 11. The van der Waals surface area contributed by atoms with Crippen LogP contribution in [-0.2, 0) is 5.41 Å². The highest BCUT2D eigenvalue weighted by Crippen LogP contribution is 2.32. The van der Waals surface area contributed by atoms with Crippen molar-refractivity contribution in [1.82, 2.24) is 39.9 Å². The van der Waals surface area contributed by atoms with Crippen molar-refractivity contribution in [3.8, 4) is 10.4 Å². The number of anilines is 6. The lowest BCUT2D eigenvalue weighted by Crippen LogP contribution is -2.16. The summed E-state index contributed by atoms with van der Waals surface area (Å²) < 4.78 is 0.793. The lowest BCUT2D eigenvalue weighted by Gasteiger charge is -2.18. The number of aryl methyl sites for hydroxylation is 1. The molecule has 8 aromatic heterocycles. The van der Waals surface area contributed by atoms with Crippen molar-refractivity contribution in [3.05, 3.63) is 251 Å². The summed E-state index contributed by atoms with van der Waals surface area (Å²) in [6.07, 6.45) is 18.0. The Bertz CT molecular complexity index is 3700. The Balaban J connectivity index is 0.000000129. The van der Waals surface area contributed by atoms with Gasteiger partial charge in [0.25, 0.3) is 0 Å². The Morgan fingerprint density at radius 3 is 1.70 bits per heavy atom. The Labute approximate surface area is 482 Å². The van der Waals surface area contributed by atoms with Crippen molar-refractivity contribution in [2.45, 2.75) is 52.0 Å². The fourth-order valence-corrected chi connectivity index (χ4v) is 9.83. The molecule has 6 N–H and O–H groups in total. The number of halogens is 1. The molecule has 12 rings (SSSR count). The fourth-order valence-electron chi connectivity index (χ4n) is 7.82. The molecule has 0 fully saturated rings. The van der Waals surface area contributed by atoms with Crippen LogP contribution in [-0.4, -0.2) is 51.5 Å². The van der Waals surface area contributed by atoms with Crippen LogP contribution in [0.15, 0.2) is 228 Å². The Kier molecular flexibility index (Phi) is 19.2. The van der Waals surface area contributed by atoms with Gasteiger partial charge in [0.1, 0.15) is 39.5 Å². The number of aromatic nitrogens is 8. The number of hydrogen-bond donors (Lipinski definition) is 5. The van der Waals surface area contributed by atoms with E-state index >= 15 is 0 Å². The molecule has 80 heavy (non-hydrogen) atoms. The summed E-state index contributed by atoms with van der Waals surface area (Å²) >= 11 is 6.45. The van der Waals surface area contributed by atoms with Crippen LogP contribution in [0.25, 0.3) is 21.6 Å². The van der Waals surface area contributed by atoms with Crippen molar-refractivity contribution in [1.29, 1.82) is 0 Å². The zero-order valence-corrected chi connectivity index (χ0v) is 47.7. The molecule has 15 nitrogen and oxygen atoms in total. The molecule has 0 spiro atoms. The van der Waals surface area contributed by atoms with Crippen LogP contribution >= 0.6 is 38.6 Å². The van der Waals surface area contributed by atoms with Gasteiger partial charge in [-0.05, 0) is 111 Å². The summed E-state index contributed by atoms with van der Waals surface area (Å²) in [6.45, 7) is 8.46. The van der Waals surface area contributed by atoms with Crippen LogP contribution in [0.4, 0.5) is 33.5 Å². The van der Waals surface area contributed by atoms with Gasteiger partial charge in [-0.3, -0.25) is 9.97 Å². The Hall–Kier alpha value is -8.94. The van der Waals surface area contributed by atoms with E-state index in [9.17, 15) is 0 Å². The number of pyridine rings is 6. The smallest absolute Gasteiger partial charge is 0.188 e. The SMILES string of the molecule is Brc1cccc(Nc2ncc(-c3cccnc3)s2)n1.CC(C)(C)c1cccc(NC2=NC=C(c3cccnc3)C2)n1.Cc1cccc(NC2=NC=C(c3ccccc3)C2)n1.N[C@@H](c1ccccc1)c1cnc(Nc2ccccn2)s1. The summed E-state index contributed by atoms with van der Waals surface area (Å²) in [5.74, 6) is 5.09. The first-order valence-corrected chi connectivity index (χ1v) is 28.0. The summed E-state index contributed by atoms with van der Waals surface area (Å²) in [5, 5.41) is 14.5. The van der Waals surface area contributed by atoms with Gasteiger partial charge in [-0.25, -0.2) is 39.9 Å². The molecular weight excluding hydrogens is 1100 g/mol. The van der Waals surface area contributed by atoms with E-state index in [4.69, 9.17) is 5.73 Å². The molecular formula is C62H58BrN15S2. The molecule has 0 unspecified atom stereocenters. The Morgan fingerprint density at radius 2 is 1.06 bits per heavy atom. The molecule has 2 aromatic carbocycles. The number of hydrogen-bond acceptors (Lipinski definition) is 17. The minimum atomic E-state index is -0.145. The lowest BCUT2D eigenvalue weighted by atomic mass is 9.92. The van der Waals surface area contributed by atoms with E-state index in [1.165, 1.54) is 16.7 Å². The van der Waals surface area contributed by atoms with Crippen LogP contribution < -0.4 is 27.0 Å². The first-order valence-electron chi connectivity index (χ1n) is 25.6. The highest BCUT2D eigenvalue weighted by Gasteiger charge is 2.18. The van der Waals surface area contributed by atoms with E-state index in [2.05, 4.69) is 132 Å². The van der Waals surface area contributed by atoms with Gasteiger partial charge in [0.05, 0.1) is 10.9 Å². The normalized spacial score (nSPS) is 12.8. The number of amidine groups is 2. The molecule has 0 radical (unpaired) electrons. The lowest BCUT2D eigenvalue weighted by molar-refractivity contribution is 0.570. The van der Waals surface area contributed by atoms with Gasteiger partial charge in [0, 0.05) is 95.9 Å². The second-order valence-corrected chi connectivity index (χ2v) is 21.9. The van der Waals surface area contributed by atoms with E-state index < -0.39 is 0 Å². The van der Waals surface area contributed by atoms with Crippen LogP contribution in [0.5, 0.6) is 0 Å². The molecule has 0 aliphatic carbocycles. The van der Waals surface area contributed by atoms with Crippen molar-refractivity contribution >= 4 is 95.0 Å². The predicted octanol–water partition coefficient (Wildman–Crippen LogP) is 15.1. The quantitative estimate of drug-likeness (QED) is 0.0767. The number of nitrogens with two attached hydrogens (primary N) is 1. The maximum absolute atomic E-state index is 6.25. The van der Waals surface area contributed by atoms with Gasteiger partial charge in [0.15, 0.2) is 10.3 Å². The molecule has 0 bridgehead atoms. The van der Waals surface area contributed by atoms with Crippen molar-refractivity contribution in [3.63, 3.8) is 0 Å². The zero-order valence-electron chi connectivity index (χ0n) is 44.4. The minimum absolute atomic E-state index is 0.0360. The van der Waals surface area contributed by atoms with Crippen molar-refractivity contribution in [2.24, 2.45) is 15.7 Å². The van der Waals surface area contributed by atoms with Gasteiger partial charge in [-0.2, -0.15) is 0 Å².